The van der Waals surface area contributed by atoms with Crippen molar-refractivity contribution in [2.45, 2.75) is 33.1 Å². The van der Waals surface area contributed by atoms with Crippen LogP contribution in [-0.4, -0.2) is 26.7 Å². The summed E-state index contributed by atoms with van der Waals surface area (Å²) >= 11 is 0. The van der Waals surface area contributed by atoms with Crippen molar-refractivity contribution in [1.29, 1.82) is 0 Å². The molecule has 0 aliphatic heterocycles. The third-order valence-electron chi connectivity index (χ3n) is 3.62. The highest BCUT2D eigenvalue weighted by Crippen LogP contribution is 2.25. The van der Waals surface area contributed by atoms with E-state index in [4.69, 9.17) is 4.74 Å². The standard InChI is InChI=1S/C18H21N3O2/c1-3-5-13-6-9-18(22)17(11-13)21-19-15-8-7-14(23-10-4-2)12-16(15)20-21/h6-9,11-12,22H,3-5,10H2,1-2H3. The van der Waals surface area contributed by atoms with Gasteiger partial charge in [0.15, 0.2) is 0 Å². The van der Waals surface area contributed by atoms with Crippen molar-refractivity contribution in [3.63, 3.8) is 0 Å². The minimum Gasteiger partial charge on any atom is -0.506 e. The quantitative estimate of drug-likeness (QED) is 0.751. The minimum absolute atomic E-state index is 0.174. The third kappa shape index (κ3) is 3.28. The molecule has 1 aromatic heterocycles. The molecule has 0 aliphatic carbocycles. The molecule has 0 radical (unpaired) electrons. The SMILES string of the molecule is CCCOc1ccc2nn(-c3cc(CCC)ccc3O)nc2c1. The molecule has 1 N–H and O–H groups in total. The number of nitrogens with zero attached hydrogens (tertiary/aromatic N) is 3. The van der Waals surface area contributed by atoms with Gasteiger partial charge in [-0.1, -0.05) is 26.3 Å². The second-order valence-electron chi connectivity index (χ2n) is 5.56. The van der Waals surface area contributed by atoms with E-state index in [1.807, 2.05) is 30.3 Å². The van der Waals surface area contributed by atoms with Crippen LogP contribution < -0.4 is 4.74 Å². The molecule has 5 nitrogen and oxygen atoms in total. The van der Waals surface area contributed by atoms with Gasteiger partial charge in [0.2, 0.25) is 0 Å². The molecule has 0 spiro atoms. The molecule has 3 rings (SSSR count). The van der Waals surface area contributed by atoms with Crippen LogP contribution in [0.25, 0.3) is 16.7 Å². The average Bonchev–Trinajstić information content (AvgIpc) is 2.98. The fourth-order valence-electron chi connectivity index (χ4n) is 2.49. The zero-order chi connectivity index (χ0) is 16.2. The summed E-state index contributed by atoms with van der Waals surface area (Å²) < 4.78 is 5.63. The maximum Gasteiger partial charge on any atom is 0.143 e. The van der Waals surface area contributed by atoms with Crippen molar-refractivity contribution >= 4 is 11.0 Å². The molecule has 0 saturated heterocycles. The molecule has 3 aromatic rings. The molecule has 0 amide bonds. The minimum atomic E-state index is 0.174. The van der Waals surface area contributed by atoms with E-state index in [0.717, 1.165) is 41.6 Å². The molecule has 2 aromatic carbocycles. The number of ether oxygens (including phenoxy) is 1. The van der Waals surface area contributed by atoms with Gasteiger partial charge in [0, 0.05) is 6.07 Å². The summed E-state index contributed by atoms with van der Waals surface area (Å²) in [7, 11) is 0. The molecule has 0 bridgehead atoms. The number of hydrogen-bond acceptors (Lipinski definition) is 4. The number of hydrogen-bond donors (Lipinski definition) is 1. The van der Waals surface area contributed by atoms with Crippen LogP contribution >= 0.6 is 0 Å². The van der Waals surface area contributed by atoms with E-state index in [0.29, 0.717) is 12.3 Å². The van der Waals surface area contributed by atoms with Crippen molar-refractivity contribution in [2.75, 3.05) is 6.61 Å². The number of benzene rings is 2. The largest absolute Gasteiger partial charge is 0.506 e. The first-order valence-corrected chi connectivity index (χ1v) is 8.03. The highest BCUT2D eigenvalue weighted by molar-refractivity contribution is 5.75. The molecule has 120 valence electrons. The van der Waals surface area contributed by atoms with Crippen molar-refractivity contribution in [1.82, 2.24) is 15.0 Å². The molecule has 5 heteroatoms. The summed E-state index contributed by atoms with van der Waals surface area (Å²) in [5, 5.41) is 19.1. The van der Waals surface area contributed by atoms with E-state index in [2.05, 4.69) is 24.0 Å². The number of aromatic nitrogens is 3. The van der Waals surface area contributed by atoms with Crippen molar-refractivity contribution in [2.24, 2.45) is 0 Å². The predicted molar refractivity (Wildman–Crippen MR) is 90.3 cm³/mol. The average molecular weight is 311 g/mol. The maximum absolute atomic E-state index is 10.1. The van der Waals surface area contributed by atoms with Gasteiger partial charge in [-0.3, -0.25) is 0 Å². The van der Waals surface area contributed by atoms with E-state index in [-0.39, 0.29) is 5.75 Å². The van der Waals surface area contributed by atoms with Crippen LogP contribution in [0.4, 0.5) is 0 Å². The molecule has 0 saturated carbocycles. The van der Waals surface area contributed by atoms with Crippen molar-refractivity contribution in [3.8, 4) is 17.2 Å². The summed E-state index contributed by atoms with van der Waals surface area (Å²) in [4.78, 5) is 1.49. The Hall–Kier alpha value is -2.56. The second kappa shape index (κ2) is 6.69. The Labute approximate surface area is 135 Å². The zero-order valence-electron chi connectivity index (χ0n) is 13.5. The lowest BCUT2D eigenvalue weighted by Crippen LogP contribution is -2.00. The summed E-state index contributed by atoms with van der Waals surface area (Å²) in [6.45, 7) is 4.88. The molecule has 0 unspecified atom stereocenters. The first-order valence-electron chi connectivity index (χ1n) is 8.03. The summed E-state index contributed by atoms with van der Waals surface area (Å²) in [5.74, 6) is 0.961. The molecule has 23 heavy (non-hydrogen) atoms. The smallest absolute Gasteiger partial charge is 0.143 e. The fourth-order valence-corrected chi connectivity index (χ4v) is 2.49. The third-order valence-corrected chi connectivity index (χ3v) is 3.62. The van der Waals surface area contributed by atoms with Gasteiger partial charge < -0.3 is 9.84 Å². The van der Waals surface area contributed by atoms with Crippen LogP contribution in [0.3, 0.4) is 0 Å². The first kappa shape index (κ1) is 15.3. The number of aromatic hydroxyl groups is 1. The lowest BCUT2D eigenvalue weighted by Gasteiger charge is -2.05. The van der Waals surface area contributed by atoms with Gasteiger partial charge in [-0.2, -0.15) is 0 Å². The highest BCUT2D eigenvalue weighted by atomic mass is 16.5. The predicted octanol–water partition coefficient (Wildman–Crippen LogP) is 3.87. The van der Waals surface area contributed by atoms with Crippen LogP contribution in [0.5, 0.6) is 11.5 Å². The van der Waals surface area contributed by atoms with Crippen LogP contribution in [-0.2, 0) is 6.42 Å². The van der Waals surface area contributed by atoms with Crippen LogP contribution in [0.15, 0.2) is 36.4 Å². The van der Waals surface area contributed by atoms with E-state index in [1.54, 1.807) is 6.07 Å². The first-order chi connectivity index (χ1) is 11.2. The lowest BCUT2D eigenvalue weighted by molar-refractivity contribution is 0.318. The number of phenols is 1. The Bertz CT molecular complexity index is 811. The van der Waals surface area contributed by atoms with Crippen LogP contribution in [0.1, 0.15) is 32.3 Å². The van der Waals surface area contributed by atoms with Gasteiger partial charge in [0.25, 0.3) is 0 Å². The number of aryl methyl sites for hydroxylation is 1. The molecule has 0 aliphatic rings. The summed E-state index contributed by atoms with van der Waals surface area (Å²) in [6.07, 6.45) is 2.97. The Morgan fingerprint density at radius 1 is 1.00 bits per heavy atom. The summed E-state index contributed by atoms with van der Waals surface area (Å²) in [6, 6.07) is 11.2. The Morgan fingerprint density at radius 3 is 2.61 bits per heavy atom. The van der Waals surface area contributed by atoms with Gasteiger partial charge in [-0.25, -0.2) is 0 Å². The van der Waals surface area contributed by atoms with Crippen molar-refractivity contribution in [3.05, 3.63) is 42.0 Å². The van der Waals surface area contributed by atoms with E-state index in [9.17, 15) is 5.11 Å². The molecular formula is C18H21N3O2. The molecular weight excluding hydrogens is 290 g/mol. The van der Waals surface area contributed by atoms with Crippen LogP contribution in [0, 0.1) is 0 Å². The van der Waals surface area contributed by atoms with E-state index in [1.165, 1.54) is 4.80 Å². The molecule has 1 heterocycles. The number of rotatable bonds is 6. The molecule has 0 atom stereocenters. The van der Waals surface area contributed by atoms with Gasteiger partial charge in [0.1, 0.15) is 28.2 Å². The number of phenolic OH excluding ortho intramolecular Hbond substituents is 1. The normalized spacial score (nSPS) is 11.0. The molecule has 0 fully saturated rings. The maximum atomic E-state index is 10.1. The lowest BCUT2D eigenvalue weighted by atomic mass is 10.1. The van der Waals surface area contributed by atoms with Gasteiger partial charge in [0.05, 0.1) is 6.61 Å². The van der Waals surface area contributed by atoms with Gasteiger partial charge >= 0.3 is 0 Å². The second-order valence-corrected chi connectivity index (χ2v) is 5.56. The monoisotopic (exact) mass is 311 g/mol. The van der Waals surface area contributed by atoms with Crippen molar-refractivity contribution < 1.29 is 9.84 Å². The van der Waals surface area contributed by atoms with Crippen LogP contribution in [0.2, 0.25) is 0 Å². The Kier molecular flexibility index (Phi) is 4.46. The highest BCUT2D eigenvalue weighted by Gasteiger charge is 2.10. The van der Waals surface area contributed by atoms with E-state index >= 15 is 0 Å². The van der Waals surface area contributed by atoms with E-state index < -0.39 is 0 Å². The summed E-state index contributed by atoms with van der Waals surface area (Å²) in [5.41, 5.74) is 3.28. The topological polar surface area (TPSA) is 60.2 Å². The zero-order valence-corrected chi connectivity index (χ0v) is 13.5. The Morgan fingerprint density at radius 2 is 1.83 bits per heavy atom. The van der Waals surface area contributed by atoms with Gasteiger partial charge in [-0.05, 0) is 42.7 Å². The Balaban J connectivity index is 1.98. The fraction of sp³-hybridized carbons (Fsp3) is 0.333. The number of fused-ring (bicyclic) bond motifs is 1. The van der Waals surface area contributed by atoms with Gasteiger partial charge in [-0.15, -0.1) is 15.0 Å².